The van der Waals surface area contributed by atoms with Gasteiger partial charge in [0.1, 0.15) is 0 Å². The summed E-state index contributed by atoms with van der Waals surface area (Å²) in [6, 6.07) is 20.2. The van der Waals surface area contributed by atoms with Crippen LogP contribution in [0.1, 0.15) is 16.8 Å². The Morgan fingerprint density at radius 1 is 0.714 bits per heavy atom. The van der Waals surface area contributed by atoms with Crippen molar-refractivity contribution in [2.75, 3.05) is 28.2 Å². The van der Waals surface area contributed by atoms with Crippen molar-refractivity contribution in [1.29, 1.82) is 0 Å². The Morgan fingerprint density at radius 2 is 1.05 bits per heavy atom. The van der Waals surface area contributed by atoms with Crippen molar-refractivity contribution < 1.29 is 4.57 Å². The molecule has 2 rings (SSSR count). The average Bonchev–Trinajstić information content (AvgIpc) is 2.49. The van der Waals surface area contributed by atoms with Crippen LogP contribution in [0.25, 0.3) is 0 Å². The van der Waals surface area contributed by atoms with Crippen molar-refractivity contribution in [2.24, 2.45) is 0 Å². The molecule has 2 aromatic carbocycles. The van der Waals surface area contributed by atoms with E-state index < -0.39 is 7.44 Å². The smallest absolute Gasteiger partial charge is 0.227 e. The first-order valence-corrected chi connectivity index (χ1v) is 8.71. The molecule has 2 aromatic rings. The number of hydrogen-bond acceptors (Lipinski definition) is 1. The minimum atomic E-state index is -2.75. The number of benzene rings is 2. The maximum atomic E-state index is 13.8. The van der Waals surface area contributed by atoms with Crippen LogP contribution >= 0.6 is 7.44 Å². The molecule has 0 saturated heterocycles. The Kier molecular flexibility index (Phi) is 5.00. The molecule has 112 valence electrons. The fourth-order valence-corrected chi connectivity index (χ4v) is 5.43. The lowest BCUT2D eigenvalue weighted by molar-refractivity contribution is 0.440. The van der Waals surface area contributed by atoms with Crippen LogP contribution in [-0.4, -0.2) is 37.5 Å². The van der Waals surface area contributed by atoms with E-state index in [4.69, 9.17) is 0 Å². The first-order chi connectivity index (χ1) is 9.98. The Bertz CT molecular complexity index is 560. The Balaban J connectivity index is 2.65. The summed E-state index contributed by atoms with van der Waals surface area (Å²) in [4.78, 5) is 0. The summed E-state index contributed by atoms with van der Waals surface area (Å²) >= 11 is 0. The molecule has 0 aliphatic heterocycles. The third-order valence-electron chi connectivity index (χ3n) is 3.71. The van der Waals surface area contributed by atoms with Crippen LogP contribution in [0.2, 0.25) is 0 Å². The normalized spacial score (nSPS) is 12.3. The van der Waals surface area contributed by atoms with Gasteiger partial charge in [-0.25, -0.2) is 9.34 Å². The van der Waals surface area contributed by atoms with Gasteiger partial charge in [-0.05, 0) is 39.3 Å². The van der Waals surface area contributed by atoms with E-state index >= 15 is 0 Å². The minimum Gasteiger partial charge on any atom is -0.288 e. The molecule has 0 saturated carbocycles. The van der Waals surface area contributed by atoms with Crippen molar-refractivity contribution in [1.82, 2.24) is 9.34 Å². The maximum absolute atomic E-state index is 13.8. The SMILES string of the molecule is CN(C)P(=O)(C(c1ccccc1)c1ccccc1)N(C)C. The molecule has 0 aromatic heterocycles. The molecule has 21 heavy (non-hydrogen) atoms. The predicted molar refractivity (Wildman–Crippen MR) is 89.7 cm³/mol. The van der Waals surface area contributed by atoms with Gasteiger partial charge < -0.3 is 0 Å². The third kappa shape index (κ3) is 3.11. The molecule has 4 heteroatoms. The van der Waals surface area contributed by atoms with E-state index in [0.717, 1.165) is 11.1 Å². The second kappa shape index (κ2) is 6.57. The van der Waals surface area contributed by atoms with Crippen LogP contribution in [0.15, 0.2) is 60.7 Å². The van der Waals surface area contributed by atoms with Crippen LogP contribution in [0, 0.1) is 0 Å². The monoisotopic (exact) mass is 302 g/mol. The van der Waals surface area contributed by atoms with Gasteiger partial charge in [-0.2, -0.15) is 0 Å². The Morgan fingerprint density at radius 3 is 1.33 bits per heavy atom. The molecule has 3 nitrogen and oxygen atoms in total. The molecule has 0 heterocycles. The van der Waals surface area contributed by atoms with Crippen molar-refractivity contribution in [3.8, 4) is 0 Å². The molecule has 0 unspecified atom stereocenters. The molecular formula is C17H23N2OP. The molecular weight excluding hydrogens is 279 g/mol. The summed E-state index contributed by atoms with van der Waals surface area (Å²) < 4.78 is 17.5. The molecule has 0 spiro atoms. The minimum absolute atomic E-state index is 0.162. The van der Waals surface area contributed by atoms with Crippen LogP contribution < -0.4 is 0 Å². The average molecular weight is 302 g/mol. The Hall–Kier alpha value is -1.41. The van der Waals surface area contributed by atoms with E-state index in [1.54, 1.807) is 0 Å². The summed E-state index contributed by atoms with van der Waals surface area (Å²) in [6.07, 6.45) is 0. The molecule has 0 aliphatic carbocycles. The second-order valence-corrected chi connectivity index (χ2v) is 8.80. The molecule has 0 aliphatic rings. The van der Waals surface area contributed by atoms with Gasteiger partial charge in [0, 0.05) is 0 Å². The highest BCUT2D eigenvalue weighted by molar-refractivity contribution is 7.59. The van der Waals surface area contributed by atoms with E-state index in [1.807, 2.05) is 73.9 Å². The fourth-order valence-electron chi connectivity index (χ4n) is 2.67. The van der Waals surface area contributed by atoms with Gasteiger partial charge in [0.25, 0.3) is 0 Å². The highest BCUT2D eigenvalue weighted by atomic mass is 31.2. The summed E-state index contributed by atoms with van der Waals surface area (Å²) in [7, 11) is 4.80. The number of rotatable bonds is 5. The van der Waals surface area contributed by atoms with Gasteiger partial charge in [-0.3, -0.25) is 4.57 Å². The molecule has 0 N–H and O–H groups in total. The van der Waals surface area contributed by atoms with Crippen molar-refractivity contribution in [2.45, 2.75) is 5.66 Å². The zero-order valence-corrected chi connectivity index (χ0v) is 14.0. The lowest BCUT2D eigenvalue weighted by Crippen LogP contribution is -2.26. The van der Waals surface area contributed by atoms with Gasteiger partial charge >= 0.3 is 0 Å². The third-order valence-corrected chi connectivity index (χ3v) is 7.27. The summed E-state index contributed by atoms with van der Waals surface area (Å²) in [5.41, 5.74) is 1.99. The van der Waals surface area contributed by atoms with Gasteiger partial charge in [-0.15, -0.1) is 0 Å². The summed E-state index contributed by atoms with van der Waals surface area (Å²) in [5, 5.41) is 0. The zero-order valence-electron chi connectivity index (χ0n) is 13.1. The van der Waals surface area contributed by atoms with E-state index in [0.29, 0.717) is 0 Å². The number of nitrogens with zero attached hydrogens (tertiary/aromatic N) is 2. The van der Waals surface area contributed by atoms with Gasteiger partial charge in [0.05, 0.1) is 5.66 Å². The van der Waals surface area contributed by atoms with Crippen LogP contribution in [0.5, 0.6) is 0 Å². The fraction of sp³-hybridized carbons (Fsp3) is 0.294. The highest BCUT2D eigenvalue weighted by Gasteiger charge is 2.39. The van der Waals surface area contributed by atoms with Crippen LogP contribution in [-0.2, 0) is 4.57 Å². The first-order valence-electron chi connectivity index (χ1n) is 7.03. The molecule has 0 radical (unpaired) electrons. The summed E-state index contributed by atoms with van der Waals surface area (Å²) in [6.45, 7) is 0. The topological polar surface area (TPSA) is 23.6 Å². The lowest BCUT2D eigenvalue weighted by atomic mass is 10.0. The molecule has 0 bridgehead atoms. The zero-order chi connectivity index (χ0) is 15.5. The van der Waals surface area contributed by atoms with Crippen molar-refractivity contribution >= 4 is 7.44 Å². The van der Waals surface area contributed by atoms with Crippen molar-refractivity contribution in [3.05, 3.63) is 71.8 Å². The van der Waals surface area contributed by atoms with Gasteiger partial charge in [0.15, 0.2) is 0 Å². The summed E-state index contributed by atoms with van der Waals surface area (Å²) in [5.74, 6) is 0. The van der Waals surface area contributed by atoms with E-state index in [1.165, 1.54) is 0 Å². The van der Waals surface area contributed by atoms with Crippen LogP contribution in [0.3, 0.4) is 0 Å². The predicted octanol–water partition coefficient (Wildman–Crippen LogP) is 4.09. The molecule has 0 fully saturated rings. The van der Waals surface area contributed by atoms with E-state index in [2.05, 4.69) is 24.3 Å². The van der Waals surface area contributed by atoms with Crippen LogP contribution in [0.4, 0.5) is 0 Å². The Labute approximate surface area is 127 Å². The van der Waals surface area contributed by atoms with Gasteiger partial charge in [-0.1, -0.05) is 60.7 Å². The largest absolute Gasteiger partial charge is 0.288 e. The molecule has 0 atom stereocenters. The first kappa shape index (κ1) is 16.0. The van der Waals surface area contributed by atoms with Crippen molar-refractivity contribution in [3.63, 3.8) is 0 Å². The van der Waals surface area contributed by atoms with Gasteiger partial charge in [0.2, 0.25) is 7.44 Å². The number of hydrogen-bond donors (Lipinski definition) is 0. The lowest BCUT2D eigenvalue weighted by Gasteiger charge is -2.37. The standard InChI is InChI=1S/C17H23N2OP/c1-18(2)21(20,19(3)4)17(15-11-7-5-8-12-15)16-13-9-6-10-14-16/h5-14,17H,1-4H3. The van der Waals surface area contributed by atoms with E-state index in [-0.39, 0.29) is 5.66 Å². The highest BCUT2D eigenvalue weighted by Crippen LogP contribution is 2.64. The van der Waals surface area contributed by atoms with E-state index in [9.17, 15) is 4.57 Å². The quantitative estimate of drug-likeness (QED) is 0.777. The second-order valence-electron chi connectivity index (χ2n) is 5.51. The molecule has 0 amide bonds. The maximum Gasteiger partial charge on any atom is 0.227 e.